The average Bonchev–Trinajstić information content (AvgIpc) is 2.79. The maximum atomic E-state index is 11.5. The molecule has 1 aromatic heterocycles. The Balaban J connectivity index is 2.38. The summed E-state index contributed by atoms with van der Waals surface area (Å²) in [5, 5.41) is 8.91. The molecule has 0 amide bonds. The lowest BCUT2D eigenvalue weighted by Gasteiger charge is -2.05. The van der Waals surface area contributed by atoms with Crippen LogP contribution in [-0.2, 0) is 7.05 Å². The molecule has 0 radical (unpaired) electrons. The number of carbonyl (C=O) groups excluding carboxylic acids is 1. The predicted octanol–water partition coefficient (Wildman–Crippen LogP) is 3.16. The lowest BCUT2D eigenvalue weighted by molar-refractivity contribution is 0.0988. The molecule has 3 heteroatoms. The fourth-order valence-electron chi connectivity index (χ4n) is 1.94. The van der Waals surface area contributed by atoms with Crippen LogP contribution in [0.4, 0.5) is 0 Å². The van der Waals surface area contributed by atoms with Gasteiger partial charge in [-0.3, -0.25) is 4.79 Å². The van der Waals surface area contributed by atoms with Crippen LogP contribution in [0.25, 0.3) is 11.3 Å². The molecule has 0 aliphatic rings. The molecule has 0 spiro atoms. The van der Waals surface area contributed by atoms with Crippen molar-refractivity contribution in [1.29, 1.82) is 5.26 Å². The minimum Gasteiger partial charge on any atom is -0.335 e. The van der Waals surface area contributed by atoms with Gasteiger partial charge in [0.05, 0.1) is 0 Å². The van der Waals surface area contributed by atoms with Crippen LogP contribution >= 0.6 is 0 Å². The third-order valence-corrected chi connectivity index (χ3v) is 3.06. The molecular formula is C15H14N2O. The van der Waals surface area contributed by atoms with E-state index in [1.165, 1.54) is 0 Å². The number of rotatable bonds is 3. The molecule has 0 saturated carbocycles. The van der Waals surface area contributed by atoms with Gasteiger partial charge in [0.15, 0.2) is 5.78 Å². The average molecular weight is 238 g/mol. The van der Waals surface area contributed by atoms with E-state index in [9.17, 15) is 4.79 Å². The smallest absolute Gasteiger partial charge is 0.162 e. The summed E-state index contributed by atoms with van der Waals surface area (Å²) in [6, 6.07) is 13.3. The van der Waals surface area contributed by atoms with E-state index in [1.54, 1.807) is 6.07 Å². The second kappa shape index (κ2) is 4.89. The van der Waals surface area contributed by atoms with Gasteiger partial charge in [-0.2, -0.15) is 5.26 Å². The van der Waals surface area contributed by atoms with E-state index >= 15 is 0 Å². The van der Waals surface area contributed by atoms with Crippen LogP contribution in [0.5, 0.6) is 0 Å². The summed E-state index contributed by atoms with van der Waals surface area (Å²) in [7, 11) is 1.86. The van der Waals surface area contributed by atoms with E-state index in [1.807, 2.05) is 48.9 Å². The van der Waals surface area contributed by atoms with Gasteiger partial charge in [-0.1, -0.05) is 31.2 Å². The Kier molecular flexibility index (Phi) is 3.29. The topological polar surface area (TPSA) is 45.8 Å². The van der Waals surface area contributed by atoms with E-state index in [0.29, 0.717) is 12.1 Å². The Morgan fingerprint density at radius 2 is 1.89 bits per heavy atom. The summed E-state index contributed by atoms with van der Waals surface area (Å²) < 4.78 is 1.84. The number of Topliss-reactive ketones (excluding diaryl/α,β-unsaturated/α-hetero) is 1. The Morgan fingerprint density at radius 1 is 1.22 bits per heavy atom. The van der Waals surface area contributed by atoms with E-state index in [4.69, 9.17) is 5.26 Å². The number of carbonyl (C=O) groups is 1. The predicted molar refractivity (Wildman–Crippen MR) is 70.2 cm³/mol. The molecule has 0 saturated heterocycles. The number of benzene rings is 1. The van der Waals surface area contributed by atoms with Crippen LogP contribution in [-0.4, -0.2) is 10.4 Å². The highest BCUT2D eigenvalue weighted by atomic mass is 16.1. The zero-order valence-electron chi connectivity index (χ0n) is 10.5. The van der Waals surface area contributed by atoms with Gasteiger partial charge < -0.3 is 4.57 Å². The summed E-state index contributed by atoms with van der Waals surface area (Å²) in [5.41, 5.74) is 3.34. The molecule has 0 bridgehead atoms. The maximum absolute atomic E-state index is 11.5. The molecule has 1 heterocycles. The zero-order valence-corrected chi connectivity index (χ0v) is 10.5. The Hall–Kier alpha value is -2.34. The van der Waals surface area contributed by atoms with Gasteiger partial charge in [0.25, 0.3) is 0 Å². The molecule has 0 aliphatic carbocycles. The van der Waals surface area contributed by atoms with Crippen molar-refractivity contribution in [3.05, 3.63) is 47.7 Å². The standard InChI is InChI=1S/C15H14N2O/c1-3-15(18)12-6-4-11(5-7-12)14-9-8-13(10-16)17(14)2/h4-9H,3H2,1-2H3. The highest BCUT2D eigenvalue weighted by molar-refractivity contribution is 5.96. The lowest BCUT2D eigenvalue weighted by Crippen LogP contribution is -1.97. The van der Waals surface area contributed by atoms with Gasteiger partial charge in [0.1, 0.15) is 11.8 Å². The third kappa shape index (κ3) is 2.05. The minimum absolute atomic E-state index is 0.145. The van der Waals surface area contributed by atoms with Gasteiger partial charge in [-0.05, 0) is 17.7 Å². The second-order valence-corrected chi connectivity index (χ2v) is 4.13. The molecule has 2 aromatic rings. The van der Waals surface area contributed by atoms with Crippen LogP contribution in [0.2, 0.25) is 0 Å². The fraction of sp³-hybridized carbons (Fsp3) is 0.200. The Morgan fingerprint density at radius 3 is 2.39 bits per heavy atom. The van der Waals surface area contributed by atoms with Crippen LogP contribution in [0, 0.1) is 11.3 Å². The molecule has 90 valence electrons. The number of aromatic nitrogens is 1. The molecule has 0 atom stereocenters. The van der Waals surface area contributed by atoms with Crippen molar-refractivity contribution in [1.82, 2.24) is 4.57 Å². The molecular weight excluding hydrogens is 224 g/mol. The van der Waals surface area contributed by atoms with Gasteiger partial charge in [-0.15, -0.1) is 0 Å². The number of ketones is 1. The van der Waals surface area contributed by atoms with Crippen molar-refractivity contribution in [2.24, 2.45) is 7.05 Å². The quantitative estimate of drug-likeness (QED) is 0.771. The molecule has 0 unspecified atom stereocenters. The van der Waals surface area contributed by atoms with Crippen molar-refractivity contribution in [3.63, 3.8) is 0 Å². The number of hydrogen-bond acceptors (Lipinski definition) is 2. The van der Waals surface area contributed by atoms with E-state index < -0.39 is 0 Å². The van der Waals surface area contributed by atoms with Gasteiger partial charge in [0, 0.05) is 24.7 Å². The normalized spacial score (nSPS) is 10.1. The molecule has 3 nitrogen and oxygen atoms in total. The summed E-state index contributed by atoms with van der Waals surface area (Å²) in [6.45, 7) is 1.85. The number of nitrogens with zero attached hydrogens (tertiary/aromatic N) is 2. The Bertz CT molecular complexity index is 615. The second-order valence-electron chi connectivity index (χ2n) is 4.13. The first-order valence-electron chi connectivity index (χ1n) is 5.86. The van der Waals surface area contributed by atoms with E-state index in [0.717, 1.165) is 16.8 Å². The van der Waals surface area contributed by atoms with Crippen LogP contribution in [0.1, 0.15) is 29.4 Å². The van der Waals surface area contributed by atoms with Crippen molar-refractivity contribution in [2.45, 2.75) is 13.3 Å². The summed E-state index contributed by atoms with van der Waals surface area (Å²) >= 11 is 0. The van der Waals surface area contributed by atoms with E-state index in [-0.39, 0.29) is 5.78 Å². The molecule has 2 rings (SSSR count). The highest BCUT2D eigenvalue weighted by Gasteiger charge is 2.07. The summed E-state index contributed by atoms with van der Waals surface area (Å²) in [6.07, 6.45) is 0.516. The van der Waals surface area contributed by atoms with Gasteiger partial charge >= 0.3 is 0 Å². The van der Waals surface area contributed by atoms with Gasteiger partial charge in [0.2, 0.25) is 0 Å². The van der Waals surface area contributed by atoms with Crippen molar-refractivity contribution >= 4 is 5.78 Å². The fourth-order valence-corrected chi connectivity index (χ4v) is 1.94. The Labute approximate surface area is 106 Å². The highest BCUT2D eigenvalue weighted by Crippen LogP contribution is 2.22. The van der Waals surface area contributed by atoms with Crippen LogP contribution in [0.3, 0.4) is 0 Å². The molecule has 0 N–H and O–H groups in total. The first kappa shape index (κ1) is 12.1. The van der Waals surface area contributed by atoms with Gasteiger partial charge in [-0.25, -0.2) is 0 Å². The SMILES string of the molecule is CCC(=O)c1ccc(-c2ccc(C#N)n2C)cc1. The minimum atomic E-state index is 0.145. The molecule has 0 fully saturated rings. The van der Waals surface area contributed by atoms with Crippen LogP contribution < -0.4 is 0 Å². The molecule has 1 aromatic carbocycles. The van der Waals surface area contributed by atoms with E-state index in [2.05, 4.69) is 6.07 Å². The zero-order chi connectivity index (χ0) is 13.1. The third-order valence-electron chi connectivity index (χ3n) is 3.06. The van der Waals surface area contributed by atoms with Crippen molar-refractivity contribution in [3.8, 4) is 17.3 Å². The lowest BCUT2D eigenvalue weighted by atomic mass is 10.1. The van der Waals surface area contributed by atoms with Crippen molar-refractivity contribution in [2.75, 3.05) is 0 Å². The summed E-state index contributed by atoms with van der Waals surface area (Å²) in [5.74, 6) is 0.145. The molecule has 18 heavy (non-hydrogen) atoms. The first-order chi connectivity index (χ1) is 8.67. The largest absolute Gasteiger partial charge is 0.335 e. The maximum Gasteiger partial charge on any atom is 0.162 e. The first-order valence-corrected chi connectivity index (χ1v) is 5.86. The number of hydrogen-bond donors (Lipinski definition) is 0. The number of nitriles is 1. The van der Waals surface area contributed by atoms with Crippen molar-refractivity contribution < 1.29 is 4.79 Å². The monoisotopic (exact) mass is 238 g/mol. The summed E-state index contributed by atoms with van der Waals surface area (Å²) in [4.78, 5) is 11.5. The van der Waals surface area contributed by atoms with Crippen LogP contribution in [0.15, 0.2) is 36.4 Å². The molecule has 0 aliphatic heterocycles.